The van der Waals surface area contributed by atoms with E-state index in [1.54, 1.807) is 36.4 Å². The van der Waals surface area contributed by atoms with Gasteiger partial charge in [0.1, 0.15) is 5.75 Å². The van der Waals surface area contributed by atoms with Crippen molar-refractivity contribution in [1.29, 1.82) is 0 Å². The Morgan fingerprint density at radius 3 is 2.63 bits per heavy atom. The number of aryl methyl sites for hydroxylation is 1. The molecule has 0 aromatic heterocycles. The van der Waals surface area contributed by atoms with Gasteiger partial charge in [0.2, 0.25) is 0 Å². The molecule has 0 aliphatic carbocycles. The summed E-state index contributed by atoms with van der Waals surface area (Å²) in [7, 11) is 1.53. The highest BCUT2D eigenvalue weighted by atomic mass is 16.5. The highest BCUT2D eigenvalue weighted by Gasteiger charge is 2.14. The largest absolute Gasteiger partial charge is 0.496 e. The van der Waals surface area contributed by atoms with E-state index in [-0.39, 0.29) is 0 Å². The van der Waals surface area contributed by atoms with Crippen molar-refractivity contribution in [3.8, 4) is 17.2 Å². The van der Waals surface area contributed by atoms with E-state index in [4.69, 9.17) is 18.9 Å². The molecular formula is C20H21NO6. The van der Waals surface area contributed by atoms with Crippen LogP contribution >= 0.6 is 0 Å². The molecule has 0 bridgehead atoms. The van der Waals surface area contributed by atoms with E-state index >= 15 is 0 Å². The fraction of sp³-hybridized carbons (Fsp3) is 0.300. The van der Waals surface area contributed by atoms with Crippen LogP contribution in [0, 0.1) is 6.92 Å². The van der Waals surface area contributed by atoms with Gasteiger partial charge >= 0.3 is 5.97 Å². The Kier molecular flexibility index (Phi) is 5.80. The fourth-order valence-electron chi connectivity index (χ4n) is 2.60. The van der Waals surface area contributed by atoms with Gasteiger partial charge in [-0.25, -0.2) is 4.79 Å². The quantitative estimate of drug-likeness (QED) is 0.814. The second-order valence-electron chi connectivity index (χ2n) is 6.02. The number of methoxy groups -OCH3 is 1. The number of anilines is 1. The lowest BCUT2D eigenvalue weighted by Crippen LogP contribution is -2.21. The minimum Gasteiger partial charge on any atom is -0.496 e. The smallest absolute Gasteiger partial charge is 0.338 e. The Balaban J connectivity index is 1.56. The van der Waals surface area contributed by atoms with Gasteiger partial charge in [0, 0.05) is 18.2 Å². The second kappa shape index (κ2) is 8.44. The molecule has 142 valence electrons. The zero-order chi connectivity index (χ0) is 19.2. The number of ether oxygens (including phenoxy) is 4. The highest BCUT2D eigenvalue weighted by molar-refractivity contribution is 5.95. The average Bonchev–Trinajstić information content (AvgIpc) is 2.91. The standard InChI is InChI=1S/C20H21NO6/c1-13-4-5-14(10-17(13)24-2)20(23)27-12-19(22)21-15-6-7-16-18(11-15)26-9-3-8-25-16/h4-7,10-11H,3,8-9,12H2,1-2H3,(H,21,22). The Morgan fingerprint density at radius 1 is 1.07 bits per heavy atom. The van der Waals surface area contributed by atoms with E-state index in [0.717, 1.165) is 12.0 Å². The summed E-state index contributed by atoms with van der Waals surface area (Å²) < 4.78 is 21.4. The van der Waals surface area contributed by atoms with Crippen LogP contribution in [0.1, 0.15) is 22.3 Å². The third-order valence-electron chi connectivity index (χ3n) is 4.01. The van der Waals surface area contributed by atoms with Crippen LogP contribution in [0.2, 0.25) is 0 Å². The lowest BCUT2D eigenvalue weighted by atomic mass is 10.1. The molecule has 3 rings (SSSR count). The number of rotatable bonds is 5. The summed E-state index contributed by atoms with van der Waals surface area (Å²) >= 11 is 0. The van der Waals surface area contributed by atoms with Crippen LogP contribution in [0.4, 0.5) is 5.69 Å². The number of carbonyl (C=O) groups is 2. The molecule has 0 spiro atoms. The van der Waals surface area contributed by atoms with Crippen molar-refractivity contribution in [1.82, 2.24) is 0 Å². The first-order valence-corrected chi connectivity index (χ1v) is 8.58. The Morgan fingerprint density at radius 2 is 1.85 bits per heavy atom. The van der Waals surface area contributed by atoms with Crippen LogP contribution < -0.4 is 19.5 Å². The van der Waals surface area contributed by atoms with Gasteiger partial charge in [-0.1, -0.05) is 6.07 Å². The summed E-state index contributed by atoms with van der Waals surface area (Å²) in [6, 6.07) is 10.1. The van der Waals surface area contributed by atoms with Crippen molar-refractivity contribution in [2.24, 2.45) is 0 Å². The Labute approximate surface area is 157 Å². The van der Waals surface area contributed by atoms with Gasteiger partial charge in [-0.3, -0.25) is 4.79 Å². The first-order chi connectivity index (χ1) is 13.1. The number of esters is 1. The maximum absolute atomic E-state index is 12.1. The predicted octanol–water partition coefficient (Wildman–Crippen LogP) is 2.96. The molecule has 1 heterocycles. The van der Waals surface area contributed by atoms with E-state index in [1.807, 2.05) is 6.92 Å². The maximum atomic E-state index is 12.1. The molecule has 2 aromatic carbocycles. The average molecular weight is 371 g/mol. The van der Waals surface area contributed by atoms with Gasteiger partial charge in [-0.15, -0.1) is 0 Å². The van der Waals surface area contributed by atoms with Gasteiger partial charge in [0.05, 0.1) is 25.9 Å². The maximum Gasteiger partial charge on any atom is 0.338 e. The van der Waals surface area contributed by atoms with Crippen molar-refractivity contribution in [2.45, 2.75) is 13.3 Å². The van der Waals surface area contributed by atoms with Crippen LogP contribution in [-0.4, -0.2) is 38.8 Å². The van der Waals surface area contributed by atoms with Crippen molar-refractivity contribution in [3.05, 3.63) is 47.5 Å². The normalized spacial score (nSPS) is 12.7. The monoisotopic (exact) mass is 371 g/mol. The molecule has 0 radical (unpaired) electrons. The van der Waals surface area contributed by atoms with Crippen LogP contribution in [0.25, 0.3) is 0 Å². The number of amides is 1. The van der Waals surface area contributed by atoms with Crippen LogP contribution in [0.5, 0.6) is 17.2 Å². The molecular weight excluding hydrogens is 350 g/mol. The van der Waals surface area contributed by atoms with Crippen molar-refractivity contribution < 1.29 is 28.5 Å². The summed E-state index contributed by atoms with van der Waals surface area (Å²) in [5.74, 6) is 0.763. The second-order valence-corrected chi connectivity index (χ2v) is 6.02. The van der Waals surface area contributed by atoms with Gasteiger partial charge in [-0.05, 0) is 36.8 Å². The molecule has 1 aliphatic heterocycles. The predicted molar refractivity (Wildman–Crippen MR) is 98.7 cm³/mol. The van der Waals surface area contributed by atoms with E-state index in [1.165, 1.54) is 7.11 Å². The third-order valence-corrected chi connectivity index (χ3v) is 4.01. The first-order valence-electron chi connectivity index (χ1n) is 8.58. The number of benzene rings is 2. The van der Waals surface area contributed by atoms with E-state index < -0.39 is 18.5 Å². The number of nitrogens with one attached hydrogen (secondary N) is 1. The zero-order valence-corrected chi connectivity index (χ0v) is 15.2. The van der Waals surface area contributed by atoms with Gasteiger partial charge < -0.3 is 24.3 Å². The lowest BCUT2D eigenvalue weighted by Gasteiger charge is -2.11. The van der Waals surface area contributed by atoms with Crippen LogP contribution in [-0.2, 0) is 9.53 Å². The molecule has 27 heavy (non-hydrogen) atoms. The number of hydrogen-bond donors (Lipinski definition) is 1. The van der Waals surface area contributed by atoms with Crippen molar-refractivity contribution in [3.63, 3.8) is 0 Å². The molecule has 7 heteroatoms. The summed E-state index contributed by atoms with van der Waals surface area (Å²) in [5.41, 5.74) is 1.76. The van der Waals surface area contributed by atoms with Gasteiger partial charge in [-0.2, -0.15) is 0 Å². The molecule has 0 saturated carbocycles. The molecule has 0 fully saturated rings. The Bertz CT molecular complexity index is 848. The summed E-state index contributed by atoms with van der Waals surface area (Å²) in [6.07, 6.45) is 0.802. The molecule has 0 saturated heterocycles. The first kappa shape index (κ1) is 18.6. The van der Waals surface area contributed by atoms with E-state index in [2.05, 4.69) is 5.32 Å². The van der Waals surface area contributed by atoms with Crippen molar-refractivity contribution in [2.75, 3.05) is 32.2 Å². The summed E-state index contributed by atoms with van der Waals surface area (Å²) in [6.45, 7) is 2.63. The van der Waals surface area contributed by atoms with E-state index in [0.29, 0.717) is 41.7 Å². The molecule has 1 amide bonds. The number of carbonyl (C=O) groups excluding carboxylic acids is 2. The SMILES string of the molecule is COc1cc(C(=O)OCC(=O)Nc2ccc3c(c2)OCCCO3)ccc1C. The summed E-state index contributed by atoms with van der Waals surface area (Å²) in [4.78, 5) is 24.2. The summed E-state index contributed by atoms with van der Waals surface area (Å²) in [5, 5.41) is 2.67. The topological polar surface area (TPSA) is 83.1 Å². The molecule has 1 N–H and O–H groups in total. The van der Waals surface area contributed by atoms with Gasteiger partial charge in [0.25, 0.3) is 5.91 Å². The number of fused-ring (bicyclic) bond motifs is 1. The Hall–Kier alpha value is -3.22. The molecule has 0 atom stereocenters. The fourth-order valence-corrected chi connectivity index (χ4v) is 2.60. The third kappa shape index (κ3) is 4.69. The van der Waals surface area contributed by atoms with Gasteiger partial charge in [0.15, 0.2) is 18.1 Å². The van der Waals surface area contributed by atoms with E-state index in [9.17, 15) is 9.59 Å². The minimum absolute atomic E-state index is 0.320. The highest BCUT2D eigenvalue weighted by Crippen LogP contribution is 2.32. The molecule has 1 aliphatic rings. The number of hydrogen-bond acceptors (Lipinski definition) is 6. The van der Waals surface area contributed by atoms with Crippen molar-refractivity contribution >= 4 is 17.6 Å². The lowest BCUT2D eigenvalue weighted by molar-refractivity contribution is -0.119. The molecule has 7 nitrogen and oxygen atoms in total. The van der Waals surface area contributed by atoms with Crippen LogP contribution in [0.3, 0.4) is 0 Å². The minimum atomic E-state index is -0.595. The molecule has 2 aromatic rings. The zero-order valence-electron chi connectivity index (χ0n) is 15.2. The van der Waals surface area contributed by atoms with Crippen LogP contribution in [0.15, 0.2) is 36.4 Å². The molecule has 0 unspecified atom stereocenters.